The van der Waals surface area contributed by atoms with E-state index in [2.05, 4.69) is 15.2 Å². The molecule has 0 bridgehead atoms. The molecule has 2 heterocycles. The Bertz CT molecular complexity index is 985. The summed E-state index contributed by atoms with van der Waals surface area (Å²) in [6.45, 7) is 2.37. The van der Waals surface area contributed by atoms with Gasteiger partial charge in [0.25, 0.3) is 0 Å². The van der Waals surface area contributed by atoms with Gasteiger partial charge in [0.2, 0.25) is 0 Å². The number of ether oxygens (including phenoxy) is 2. The van der Waals surface area contributed by atoms with Crippen molar-refractivity contribution in [3.05, 3.63) is 47.5 Å². The molecule has 7 nitrogen and oxygen atoms in total. The summed E-state index contributed by atoms with van der Waals surface area (Å²) in [4.78, 5) is 15.5. The third kappa shape index (κ3) is 3.57. The van der Waals surface area contributed by atoms with Gasteiger partial charge in [-0.1, -0.05) is 12.1 Å². The number of rotatable bonds is 6. The molecule has 0 radical (unpaired) electrons. The van der Waals surface area contributed by atoms with Gasteiger partial charge in [-0.25, -0.2) is 4.63 Å². The second kappa shape index (κ2) is 7.98. The number of likely N-dealkylation sites (tertiary alicyclic amines) is 1. The van der Waals surface area contributed by atoms with Gasteiger partial charge in [-0.15, -0.1) is 0 Å². The van der Waals surface area contributed by atoms with Crippen LogP contribution in [0, 0.1) is 5.92 Å². The number of hydrogen-bond acceptors (Lipinski definition) is 7. The van der Waals surface area contributed by atoms with Gasteiger partial charge in [0.1, 0.15) is 22.5 Å². The smallest absolute Gasteiger partial charge is 0.170 e. The number of benzene rings is 2. The first kappa shape index (κ1) is 18.4. The molecule has 1 fully saturated rings. The Labute approximate surface area is 163 Å². The van der Waals surface area contributed by atoms with E-state index < -0.39 is 0 Å². The SMILES string of the molecule is COc1ccc(C(=O)[C@@H]2CCCN(Cc3cccc4nonc34)C2)c(OC)c1. The number of nitrogens with zero attached hydrogens (tertiary/aromatic N) is 3. The molecule has 3 aromatic rings. The first-order valence-electron chi connectivity index (χ1n) is 9.38. The van der Waals surface area contributed by atoms with Crippen LogP contribution in [-0.4, -0.2) is 48.3 Å². The van der Waals surface area contributed by atoms with Gasteiger partial charge in [0.15, 0.2) is 5.78 Å². The van der Waals surface area contributed by atoms with Crippen molar-refractivity contribution >= 4 is 16.8 Å². The molecular weight excluding hydrogens is 358 g/mol. The fourth-order valence-electron chi connectivity index (χ4n) is 3.87. The molecular formula is C21H23N3O4. The number of carbonyl (C=O) groups is 1. The van der Waals surface area contributed by atoms with Crippen molar-refractivity contribution in [3.63, 3.8) is 0 Å². The zero-order chi connectivity index (χ0) is 19.5. The second-order valence-electron chi connectivity index (χ2n) is 7.05. The van der Waals surface area contributed by atoms with Crippen LogP contribution in [0.3, 0.4) is 0 Å². The lowest BCUT2D eigenvalue weighted by Crippen LogP contribution is -2.38. The maximum Gasteiger partial charge on any atom is 0.170 e. The van der Waals surface area contributed by atoms with Crippen LogP contribution in [0.15, 0.2) is 41.0 Å². The van der Waals surface area contributed by atoms with E-state index in [9.17, 15) is 4.79 Å². The molecule has 4 rings (SSSR count). The highest BCUT2D eigenvalue weighted by molar-refractivity contribution is 6.00. The zero-order valence-electron chi connectivity index (χ0n) is 16.1. The number of piperidine rings is 1. The molecule has 1 aromatic heterocycles. The van der Waals surface area contributed by atoms with Crippen LogP contribution in [0.25, 0.3) is 11.0 Å². The normalized spacial score (nSPS) is 17.6. The van der Waals surface area contributed by atoms with E-state index in [-0.39, 0.29) is 11.7 Å². The Hall–Kier alpha value is -2.93. The van der Waals surface area contributed by atoms with Crippen molar-refractivity contribution in [3.8, 4) is 11.5 Å². The monoisotopic (exact) mass is 381 g/mol. The molecule has 0 unspecified atom stereocenters. The minimum Gasteiger partial charge on any atom is -0.497 e. The fourth-order valence-corrected chi connectivity index (χ4v) is 3.87. The molecule has 1 aliphatic heterocycles. The van der Waals surface area contributed by atoms with Crippen LogP contribution in [-0.2, 0) is 6.54 Å². The Balaban J connectivity index is 1.51. The topological polar surface area (TPSA) is 77.7 Å². The van der Waals surface area contributed by atoms with Crippen molar-refractivity contribution in [2.45, 2.75) is 19.4 Å². The molecule has 0 aliphatic carbocycles. The second-order valence-corrected chi connectivity index (χ2v) is 7.05. The summed E-state index contributed by atoms with van der Waals surface area (Å²) in [6.07, 6.45) is 1.85. The molecule has 0 N–H and O–H groups in total. The first-order valence-corrected chi connectivity index (χ1v) is 9.38. The molecule has 1 aliphatic rings. The maximum atomic E-state index is 13.2. The highest BCUT2D eigenvalue weighted by atomic mass is 16.6. The van der Waals surface area contributed by atoms with Crippen molar-refractivity contribution in [2.24, 2.45) is 5.92 Å². The lowest BCUT2D eigenvalue weighted by Gasteiger charge is -2.32. The predicted octanol–water partition coefficient (Wildman–Crippen LogP) is 3.33. The maximum absolute atomic E-state index is 13.2. The Kier molecular flexibility index (Phi) is 5.25. The van der Waals surface area contributed by atoms with Gasteiger partial charge in [-0.2, -0.15) is 0 Å². The summed E-state index contributed by atoms with van der Waals surface area (Å²) in [5, 5.41) is 7.92. The van der Waals surface area contributed by atoms with Gasteiger partial charge >= 0.3 is 0 Å². The Morgan fingerprint density at radius 3 is 2.93 bits per heavy atom. The van der Waals surface area contributed by atoms with E-state index in [1.54, 1.807) is 32.4 Å². The summed E-state index contributed by atoms with van der Waals surface area (Å²) in [5.74, 6) is 1.28. The summed E-state index contributed by atoms with van der Waals surface area (Å²) < 4.78 is 15.5. The van der Waals surface area contributed by atoms with Crippen molar-refractivity contribution in [1.82, 2.24) is 15.2 Å². The molecule has 7 heteroatoms. The average molecular weight is 381 g/mol. The van der Waals surface area contributed by atoms with E-state index in [4.69, 9.17) is 14.1 Å². The van der Waals surface area contributed by atoms with Gasteiger partial charge in [0, 0.05) is 25.1 Å². The number of carbonyl (C=O) groups excluding carboxylic acids is 1. The first-order chi connectivity index (χ1) is 13.7. The Morgan fingerprint density at radius 1 is 1.21 bits per heavy atom. The summed E-state index contributed by atoms with van der Waals surface area (Å²) in [5.41, 5.74) is 3.21. The van der Waals surface area contributed by atoms with Gasteiger partial charge in [-0.3, -0.25) is 9.69 Å². The molecule has 0 amide bonds. The van der Waals surface area contributed by atoms with E-state index in [1.807, 2.05) is 18.2 Å². The molecule has 2 aromatic carbocycles. The molecule has 0 saturated carbocycles. The minimum absolute atomic E-state index is 0.0642. The van der Waals surface area contributed by atoms with Gasteiger partial charge in [0.05, 0.1) is 19.8 Å². The lowest BCUT2D eigenvalue weighted by atomic mass is 9.89. The highest BCUT2D eigenvalue weighted by Crippen LogP contribution is 2.30. The predicted molar refractivity (Wildman–Crippen MR) is 104 cm³/mol. The third-order valence-electron chi connectivity index (χ3n) is 5.31. The summed E-state index contributed by atoms with van der Waals surface area (Å²) in [7, 11) is 3.17. The van der Waals surface area contributed by atoms with E-state index in [0.29, 0.717) is 23.6 Å². The van der Waals surface area contributed by atoms with Crippen LogP contribution < -0.4 is 9.47 Å². The lowest BCUT2D eigenvalue weighted by molar-refractivity contribution is 0.0809. The van der Waals surface area contributed by atoms with E-state index >= 15 is 0 Å². The van der Waals surface area contributed by atoms with Crippen LogP contribution in [0.4, 0.5) is 0 Å². The standard InChI is InChI=1S/C21H23N3O4/c1-26-16-8-9-17(19(11-16)27-2)21(25)15-6-4-10-24(13-15)12-14-5-3-7-18-20(14)23-28-22-18/h3,5,7-9,11,15H,4,6,10,12-13H2,1-2H3/t15-/m1/s1. The summed E-state index contributed by atoms with van der Waals surface area (Å²) >= 11 is 0. The summed E-state index contributed by atoms with van der Waals surface area (Å²) in [6, 6.07) is 11.2. The number of ketones is 1. The molecule has 1 saturated heterocycles. The number of hydrogen-bond donors (Lipinski definition) is 0. The van der Waals surface area contributed by atoms with Crippen molar-refractivity contribution in [2.75, 3.05) is 27.3 Å². The van der Waals surface area contributed by atoms with Crippen LogP contribution in [0.1, 0.15) is 28.8 Å². The Morgan fingerprint density at radius 2 is 2.11 bits per heavy atom. The quantitative estimate of drug-likeness (QED) is 0.606. The number of fused-ring (bicyclic) bond motifs is 1. The molecule has 146 valence electrons. The van der Waals surface area contributed by atoms with Crippen LogP contribution >= 0.6 is 0 Å². The van der Waals surface area contributed by atoms with Crippen LogP contribution in [0.2, 0.25) is 0 Å². The molecule has 28 heavy (non-hydrogen) atoms. The van der Waals surface area contributed by atoms with Crippen molar-refractivity contribution in [1.29, 1.82) is 0 Å². The van der Waals surface area contributed by atoms with E-state index in [1.165, 1.54) is 0 Å². The fraction of sp³-hybridized carbons (Fsp3) is 0.381. The van der Waals surface area contributed by atoms with Crippen LogP contribution in [0.5, 0.6) is 11.5 Å². The number of aromatic nitrogens is 2. The van der Waals surface area contributed by atoms with Gasteiger partial charge in [-0.05, 0) is 53.5 Å². The number of methoxy groups -OCH3 is 2. The minimum atomic E-state index is -0.0642. The van der Waals surface area contributed by atoms with Crippen molar-refractivity contribution < 1.29 is 18.9 Å². The van der Waals surface area contributed by atoms with E-state index in [0.717, 1.165) is 42.5 Å². The molecule has 0 spiro atoms. The third-order valence-corrected chi connectivity index (χ3v) is 5.31. The zero-order valence-corrected chi connectivity index (χ0v) is 16.1. The highest BCUT2D eigenvalue weighted by Gasteiger charge is 2.29. The number of Topliss-reactive ketones (excluding diaryl/α,β-unsaturated/α-hetero) is 1. The largest absolute Gasteiger partial charge is 0.497 e. The molecule has 1 atom stereocenters. The van der Waals surface area contributed by atoms with Gasteiger partial charge < -0.3 is 9.47 Å². The average Bonchev–Trinajstić information content (AvgIpc) is 3.23.